The minimum Gasteiger partial charge on any atom is -0.370 e. The average molecular weight is 455 g/mol. The molecular formula is C18H17BrClN3O2S. The van der Waals surface area contributed by atoms with E-state index in [-0.39, 0.29) is 9.92 Å². The molecule has 0 unspecified atom stereocenters. The zero-order valence-electron chi connectivity index (χ0n) is 13.9. The van der Waals surface area contributed by atoms with Gasteiger partial charge in [0.25, 0.3) is 0 Å². The van der Waals surface area contributed by atoms with Crippen LogP contribution in [0.1, 0.15) is 12.0 Å². The molecule has 0 radical (unpaired) electrons. The molecule has 26 heavy (non-hydrogen) atoms. The number of hydrogen-bond acceptors (Lipinski definition) is 4. The third-order valence-corrected chi connectivity index (χ3v) is 7.20. The van der Waals surface area contributed by atoms with Crippen molar-refractivity contribution >= 4 is 43.2 Å². The molecule has 1 aliphatic rings. The Bertz CT molecular complexity index is 942. The molecule has 1 saturated heterocycles. The van der Waals surface area contributed by atoms with Crippen LogP contribution in [0.3, 0.4) is 0 Å². The van der Waals surface area contributed by atoms with Crippen molar-refractivity contribution in [3.63, 3.8) is 0 Å². The monoisotopic (exact) mass is 453 g/mol. The molecule has 0 spiro atoms. The molecule has 1 fully saturated rings. The van der Waals surface area contributed by atoms with E-state index >= 15 is 0 Å². The Balaban J connectivity index is 1.78. The molecule has 3 rings (SSSR count). The number of nitrogens with zero attached hydrogens (tertiary/aromatic N) is 3. The smallest absolute Gasteiger partial charge is 0.244 e. The van der Waals surface area contributed by atoms with Crippen molar-refractivity contribution in [3.05, 3.63) is 57.5 Å². The lowest BCUT2D eigenvalue weighted by Crippen LogP contribution is -2.35. The molecule has 0 amide bonds. The van der Waals surface area contributed by atoms with Gasteiger partial charge in [-0.05, 0) is 48.9 Å². The number of rotatable bonds is 3. The summed E-state index contributed by atoms with van der Waals surface area (Å²) in [6.45, 7) is 2.17. The summed E-state index contributed by atoms with van der Waals surface area (Å²) in [5.41, 5.74) is 1.60. The van der Waals surface area contributed by atoms with Gasteiger partial charge in [0.2, 0.25) is 10.0 Å². The SMILES string of the molecule is N#Cc1ccc(N2CCCN(S(=O)(=O)c3ccc(Br)cc3Cl)CC2)cc1. The van der Waals surface area contributed by atoms with Crippen molar-refractivity contribution in [3.8, 4) is 6.07 Å². The van der Waals surface area contributed by atoms with E-state index in [1.807, 2.05) is 12.1 Å². The summed E-state index contributed by atoms with van der Waals surface area (Å²) in [4.78, 5) is 2.27. The van der Waals surface area contributed by atoms with E-state index in [0.717, 1.165) is 16.7 Å². The summed E-state index contributed by atoms with van der Waals surface area (Å²) in [5.74, 6) is 0. The van der Waals surface area contributed by atoms with Crippen molar-refractivity contribution in [2.24, 2.45) is 0 Å². The van der Waals surface area contributed by atoms with Crippen molar-refractivity contribution < 1.29 is 8.42 Å². The van der Waals surface area contributed by atoms with Crippen LogP contribution in [0, 0.1) is 11.3 Å². The van der Waals surface area contributed by atoms with Crippen LogP contribution >= 0.6 is 27.5 Å². The van der Waals surface area contributed by atoms with E-state index in [0.29, 0.717) is 31.6 Å². The van der Waals surface area contributed by atoms with E-state index < -0.39 is 10.0 Å². The van der Waals surface area contributed by atoms with Crippen LogP contribution in [0.2, 0.25) is 5.02 Å². The predicted molar refractivity (Wildman–Crippen MR) is 106 cm³/mol. The van der Waals surface area contributed by atoms with Gasteiger partial charge in [-0.2, -0.15) is 9.57 Å². The molecule has 2 aromatic carbocycles. The zero-order valence-corrected chi connectivity index (χ0v) is 17.1. The third-order valence-electron chi connectivity index (χ3n) is 4.33. The van der Waals surface area contributed by atoms with Crippen molar-refractivity contribution in [1.29, 1.82) is 5.26 Å². The van der Waals surface area contributed by atoms with Gasteiger partial charge in [-0.1, -0.05) is 27.5 Å². The molecule has 1 heterocycles. The number of anilines is 1. The molecule has 0 aromatic heterocycles. The molecule has 8 heteroatoms. The second kappa shape index (κ2) is 7.97. The van der Waals surface area contributed by atoms with E-state index in [1.165, 1.54) is 10.4 Å². The number of benzene rings is 2. The average Bonchev–Trinajstić information content (AvgIpc) is 2.88. The van der Waals surface area contributed by atoms with Gasteiger partial charge < -0.3 is 4.90 Å². The van der Waals surface area contributed by atoms with Crippen LogP contribution in [-0.2, 0) is 10.0 Å². The molecule has 0 aliphatic carbocycles. The maximum Gasteiger partial charge on any atom is 0.244 e. The van der Waals surface area contributed by atoms with Crippen LogP contribution in [-0.4, -0.2) is 38.9 Å². The predicted octanol–water partition coefficient (Wildman–Crippen LogP) is 3.88. The molecule has 136 valence electrons. The Labute approximate surface area is 167 Å². The van der Waals surface area contributed by atoms with Crippen LogP contribution in [0.25, 0.3) is 0 Å². The first-order valence-electron chi connectivity index (χ1n) is 8.12. The second-order valence-electron chi connectivity index (χ2n) is 5.98. The lowest BCUT2D eigenvalue weighted by molar-refractivity contribution is 0.433. The molecule has 0 saturated carbocycles. The van der Waals surface area contributed by atoms with Gasteiger partial charge in [-0.25, -0.2) is 8.42 Å². The number of halogens is 2. The maximum atomic E-state index is 13.0. The van der Waals surface area contributed by atoms with E-state index in [1.54, 1.807) is 24.3 Å². The van der Waals surface area contributed by atoms with Gasteiger partial charge in [-0.15, -0.1) is 0 Å². The lowest BCUT2D eigenvalue weighted by atomic mass is 10.2. The highest BCUT2D eigenvalue weighted by Gasteiger charge is 2.28. The first kappa shape index (κ1) is 19.2. The van der Waals surface area contributed by atoms with Gasteiger partial charge in [0.1, 0.15) is 4.90 Å². The molecule has 0 N–H and O–H groups in total. The number of hydrogen-bond donors (Lipinski definition) is 0. The van der Waals surface area contributed by atoms with Gasteiger partial charge in [0, 0.05) is 36.3 Å². The standard InChI is InChI=1S/C18H17BrClN3O2S/c19-15-4-7-18(17(20)12-15)26(24,25)23-9-1-8-22(10-11-23)16-5-2-14(13-21)3-6-16/h2-7,12H,1,8-11H2. The van der Waals surface area contributed by atoms with Gasteiger partial charge in [-0.3, -0.25) is 0 Å². The maximum absolute atomic E-state index is 13.0. The number of nitriles is 1. The fourth-order valence-electron chi connectivity index (χ4n) is 2.96. The van der Waals surface area contributed by atoms with Gasteiger partial charge in [0.15, 0.2) is 0 Å². The zero-order chi connectivity index (χ0) is 18.7. The van der Waals surface area contributed by atoms with E-state index in [4.69, 9.17) is 16.9 Å². The number of sulfonamides is 1. The third kappa shape index (κ3) is 4.04. The Morgan fingerprint density at radius 1 is 1.04 bits per heavy atom. The van der Waals surface area contributed by atoms with Crippen LogP contribution in [0.5, 0.6) is 0 Å². The molecule has 2 aromatic rings. The Kier molecular flexibility index (Phi) is 5.88. The van der Waals surface area contributed by atoms with Crippen LogP contribution < -0.4 is 4.90 Å². The Morgan fingerprint density at radius 2 is 1.77 bits per heavy atom. The fourth-order valence-corrected chi connectivity index (χ4v) is 5.44. The second-order valence-corrected chi connectivity index (χ2v) is 9.21. The normalized spacial score (nSPS) is 16.1. The summed E-state index contributed by atoms with van der Waals surface area (Å²) in [6, 6.07) is 14.2. The highest BCUT2D eigenvalue weighted by molar-refractivity contribution is 9.10. The first-order chi connectivity index (χ1) is 12.4. The largest absolute Gasteiger partial charge is 0.370 e. The van der Waals surface area contributed by atoms with Gasteiger partial charge in [0.05, 0.1) is 16.7 Å². The van der Waals surface area contributed by atoms with Crippen LogP contribution in [0.4, 0.5) is 5.69 Å². The van der Waals surface area contributed by atoms with Crippen molar-refractivity contribution in [2.45, 2.75) is 11.3 Å². The minimum atomic E-state index is -3.64. The Hall–Kier alpha value is -1.59. The fraction of sp³-hybridized carbons (Fsp3) is 0.278. The van der Waals surface area contributed by atoms with Gasteiger partial charge >= 0.3 is 0 Å². The quantitative estimate of drug-likeness (QED) is 0.706. The molecule has 5 nitrogen and oxygen atoms in total. The van der Waals surface area contributed by atoms with Crippen molar-refractivity contribution in [1.82, 2.24) is 4.31 Å². The Morgan fingerprint density at radius 3 is 2.42 bits per heavy atom. The molecule has 0 bridgehead atoms. The van der Waals surface area contributed by atoms with Crippen LogP contribution in [0.15, 0.2) is 51.8 Å². The molecule has 0 atom stereocenters. The molecular weight excluding hydrogens is 438 g/mol. The lowest BCUT2D eigenvalue weighted by Gasteiger charge is -2.23. The summed E-state index contributed by atoms with van der Waals surface area (Å²) in [7, 11) is -3.64. The van der Waals surface area contributed by atoms with Crippen molar-refractivity contribution in [2.75, 3.05) is 31.1 Å². The highest BCUT2D eigenvalue weighted by Crippen LogP contribution is 2.28. The summed E-state index contributed by atoms with van der Waals surface area (Å²) in [6.07, 6.45) is 0.716. The van der Waals surface area contributed by atoms with E-state index in [9.17, 15) is 8.42 Å². The molecule has 1 aliphatic heterocycles. The summed E-state index contributed by atoms with van der Waals surface area (Å²) in [5, 5.41) is 9.12. The summed E-state index contributed by atoms with van der Waals surface area (Å²) < 4.78 is 28.2. The first-order valence-corrected chi connectivity index (χ1v) is 10.7. The topological polar surface area (TPSA) is 64.4 Å². The van der Waals surface area contributed by atoms with E-state index in [2.05, 4.69) is 26.9 Å². The summed E-state index contributed by atoms with van der Waals surface area (Å²) >= 11 is 9.45. The minimum absolute atomic E-state index is 0.134. The highest BCUT2D eigenvalue weighted by atomic mass is 79.9.